The second-order valence-electron chi connectivity index (χ2n) is 3.93. The van der Waals surface area contributed by atoms with Crippen molar-refractivity contribution < 1.29 is 14.3 Å². The van der Waals surface area contributed by atoms with Crippen molar-refractivity contribution in [1.29, 1.82) is 0 Å². The van der Waals surface area contributed by atoms with E-state index in [1.165, 1.54) is 7.11 Å². The van der Waals surface area contributed by atoms with Crippen molar-refractivity contribution in [1.82, 2.24) is 0 Å². The first-order chi connectivity index (χ1) is 8.69. The molecule has 0 aliphatic carbocycles. The van der Waals surface area contributed by atoms with Crippen LogP contribution in [0.25, 0.3) is 0 Å². The number of hydrogen-bond donors (Lipinski definition) is 0. The molecule has 3 heteroatoms. The zero-order valence-electron chi connectivity index (χ0n) is 11.0. The number of carbonyl (C=O) groups excluding carboxylic acids is 1. The van der Waals surface area contributed by atoms with Gasteiger partial charge in [0.1, 0.15) is 6.42 Å². The summed E-state index contributed by atoms with van der Waals surface area (Å²) in [5, 5.41) is 0. The van der Waals surface area contributed by atoms with Gasteiger partial charge in [0.2, 0.25) is 0 Å². The van der Waals surface area contributed by atoms with Crippen molar-refractivity contribution in [3.8, 4) is 11.8 Å². The van der Waals surface area contributed by atoms with E-state index in [-0.39, 0.29) is 24.4 Å². The van der Waals surface area contributed by atoms with Gasteiger partial charge in [0.15, 0.2) is 0 Å². The number of carbonyl (C=O) groups is 1. The molecule has 1 aromatic rings. The molecular formula is C15H18O3. The number of methoxy groups -OCH3 is 2. The van der Waals surface area contributed by atoms with Gasteiger partial charge in [0.25, 0.3) is 0 Å². The number of benzene rings is 1. The van der Waals surface area contributed by atoms with Gasteiger partial charge < -0.3 is 9.47 Å². The van der Waals surface area contributed by atoms with Gasteiger partial charge in [-0.1, -0.05) is 42.2 Å². The SMILES string of the molecule is COC(=O)CC#C[C@H](C)[C@@H](OC)c1ccccc1. The van der Waals surface area contributed by atoms with Crippen molar-refractivity contribution in [3.63, 3.8) is 0 Å². The summed E-state index contributed by atoms with van der Waals surface area (Å²) in [5.41, 5.74) is 1.08. The number of rotatable bonds is 4. The molecular weight excluding hydrogens is 228 g/mol. The molecule has 96 valence electrons. The minimum atomic E-state index is -0.316. The minimum absolute atomic E-state index is 0.0158. The molecule has 0 aliphatic heterocycles. The van der Waals surface area contributed by atoms with Crippen molar-refractivity contribution in [2.75, 3.05) is 14.2 Å². The molecule has 0 saturated heterocycles. The summed E-state index contributed by atoms with van der Waals surface area (Å²) in [6.07, 6.45) is 0.0304. The average Bonchev–Trinajstić information content (AvgIpc) is 2.40. The van der Waals surface area contributed by atoms with Crippen molar-refractivity contribution >= 4 is 5.97 Å². The van der Waals surface area contributed by atoms with Crippen LogP contribution in [0, 0.1) is 17.8 Å². The minimum Gasteiger partial charge on any atom is -0.468 e. The Bertz CT molecular complexity index is 428. The van der Waals surface area contributed by atoms with E-state index in [4.69, 9.17) is 4.74 Å². The average molecular weight is 246 g/mol. The second-order valence-corrected chi connectivity index (χ2v) is 3.93. The summed E-state index contributed by atoms with van der Waals surface area (Å²) < 4.78 is 9.99. The molecule has 0 N–H and O–H groups in total. The zero-order valence-corrected chi connectivity index (χ0v) is 11.0. The van der Waals surface area contributed by atoms with Crippen molar-refractivity contribution in [2.24, 2.45) is 5.92 Å². The summed E-state index contributed by atoms with van der Waals surface area (Å²) >= 11 is 0. The monoisotopic (exact) mass is 246 g/mol. The third kappa shape index (κ3) is 4.23. The standard InChI is InChI=1S/C15H18O3/c1-12(8-7-11-14(16)17-2)15(18-3)13-9-5-4-6-10-13/h4-6,9-10,12,15H,11H2,1-3H3/t12-,15+/m0/s1. The number of ether oxygens (including phenoxy) is 2. The molecule has 0 radical (unpaired) electrons. The Morgan fingerprint density at radius 2 is 1.94 bits per heavy atom. The van der Waals surface area contributed by atoms with Gasteiger partial charge in [-0.25, -0.2) is 0 Å². The highest BCUT2D eigenvalue weighted by Gasteiger charge is 2.16. The van der Waals surface area contributed by atoms with Gasteiger partial charge in [-0.15, -0.1) is 0 Å². The molecule has 0 heterocycles. The highest BCUT2D eigenvalue weighted by atomic mass is 16.5. The van der Waals surface area contributed by atoms with Crippen LogP contribution in [0.5, 0.6) is 0 Å². The first-order valence-electron chi connectivity index (χ1n) is 5.82. The molecule has 1 aromatic carbocycles. The Hall–Kier alpha value is -1.79. The van der Waals surface area contributed by atoms with Crippen LogP contribution in [0.2, 0.25) is 0 Å². The van der Waals surface area contributed by atoms with E-state index in [1.807, 2.05) is 37.3 Å². The molecule has 0 amide bonds. The first-order valence-corrected chi connectivity index (χ1v) is 5.82. The summed E-state index contributed by atoms with van der Waals surface area (Å²) in [4.78, 5) is 10.9. The van der Waals surface area contributed by atoms with E-state index in [0.717, 1.165) is 5.56 Å². The van der Waals surface area contributed by atoms with E-state index in [1.54, 1.807) is 7.11 Å². The van der Waals surface area contributed by atoms with Gasteiger partial charge >= 0.3 is 5.97 Å². The van der Waals surface area contributed by atoms with E-state index in [2.05, 4.69) is 16.6 Å². The molecule has 18 heavy (non-hydrogen) atoms. The highest BCUT2D eigenvalue weighted by molar-refractivity contribution is 5.72. The van der Waals surface area contributed by atoms with E-state index >= 15 is 0 Å². The lowest BCUT2D eigenvalue weighted by Gasteiger charge is -2.18. The summed E-state index contributed by atoms with van der Waals surface area (Å²) in [5.74, 6) is 5.54. The molecule has 0 unspecified atom stereocenters. The van der Waals surface area contributed by atoms with Crippen molar-refractivity contribution in [3.05, 3.63) is 35.9 Å². The Morgan fingerprint density at radius 1 is 1.28 bits per heavy atom. The third-order valence-electron chi connectivity index (χ3n) is 2.63. The van der Waals surface area contributed by atoms with Crippen LogP contribution in [-0.2, 0) is 14.3 Å². The van der Waals surface area contributed by atoms with Crippen LogP contribution < -0.4 is 0 Å². The maximum absolute atomic E-state index is 10.9. The van der Waals surface area contributed by atoms with Gasteiger partial charge in [-0.05, 0) is 12.5 Å². The molecule has 3 nitrogen and oxygen atoms in total. The van der Waals surface area contributed by atoms with Crippen LogP contribution in [0.3, 0.4) is 0 Å². The van der Waals surface area contributed by atoms with Crippen LogP contribution in [0.1, 0.15) is 25.0 Å². The predicted molar refractivity (Wildman–Crippen MR) is 69.8 cm³/mol. The quantitative estimate of drug-likeness (QED) is 0.605. The maximum atomic E-state index is 10.9. The lowest BCUT2D eigenvalue weighted by atomic mass is 9.97. The predicted octanol–water partition coefficient (Wildman–Crippen LogP) is 2.58. The van der Waals surface area contributed by atoms with Gasteiger partial charge in [0, 0.05) is 13.0 Å². The smallest absolute Gasteiger partial charge is 0.317 e. The molecule has 0 bridgehead atoms. The summed E-state index contributed by atoms with van der Waals surface area (Å²) in [6.45, 7) is 1.98. The maximum Gasteiger partial charge on any atom is 0.317 e. The van der Waals surface area contributed by atoms with E-state index < -0.39 is 0 Å². The van der Waals surface area contributed by atoms with Crippen LogP contribution >= 0.6 is 0 Å². The normalized spacial score (nSPS) is 13.1. The van der Waals surface area contributed by atoms with E-state index in [9.17, 15) is 4.79 Å². The molecule has 0 aromatic heterocycles. The zero-order chi connectivity index (χ0) is 13.4. The molecule has 2 atom stereocenters. The molecule has 0 spiro atoms. The number of hydrogen-bond acceptors (Lipinski definition) is 3. The molecule has 0 fully saturated rings. The molecule has 0 saturated carbocycles. The highest BCUT2D eigenvalue weighted by Crippen LogP contribution is 2.24. The second kappa shape index (κ2) is 7.52. The van der Waals surface area contributed by atoms with E-state index in [0.29, 0.717) is 0 Å². The number of esters is 1. The van der Waals surface area contributed by atoms with Crippen LogP contribution in [-0.4, -0.2) is 20.2 Å². The Kier molecular flexibility index (Phi) is 5.96. The first kappa shape index (κ1) is 14.3. The van der Waals surface area contributed by atoms with Gasteiger partial charge in [-0.2, -0.15) is 0 Å². The topological polar surface area (TPSA) is 35.5 Å². The van der Waals surface area contributed by atoms with Crippen molar-refractivity contribution in [2.45, 2.75) is 19.4 Å². The Morgan fingerprint density at radius 3 is 2.50 bits per heavy atom. The lowest BCUT2D eigenvalue weighted by molar-refractivity contribution is -0.139. The molecule has 0 aliphatic rings. The fraction of sp³-hybridized carbons (Fsp3) is 0.400. The fourth-order valence-electron chi connectivity index (χ4n) is 1.70. The fourth-order valence-corrected chi connectivity index (χ4v) is 1.70. The van der Waals surface area contributed by atoms with Crippen LogP contribution in [0.4, 0.5) is 0 Å². The Balaban J connectivity index is 2.69. The Labute approximate surface area is 108 Å². The lowest BCUT2D eigenvalue weighted by Crippen LogP contribution is -2.10. The largest absolute Gasteiger partial charge is 0.468 e. The van der Waals surface area contributed by atoms with Crippen LogP contribution in [0.15, 0.2) is 30.3 Å². The third-order valence-corrected chi connectivity index (χ3v) is 2.63. The summed E-state index contributed by atoms with van der Waals surface area (Å²) in [6, 6.07) is 9.91. The van der Waals surface area contributed by atoms with Gasteiger partial charge in [0.05, 0.1) is 13.2 Å². The molecule has 1 rings (SSSR count). The summed E-state index contributed by atoms with van der Waals surface area (Å²) in [7, 11) is 3.02. The van der Waals surface area contributed by atoms with Gasteiger partial charge in [-0.3, -0.25) is 4.79 Å².